The predicted molar refractivity (Wildman–Crippen MR) is 109 cm³/mol. The third kappa shape index (κ3) is 3.81. The third-order valence-corrected chi connectivity index (χ3v) is 5.11. The van der Waals surface area contributed by atoms with E-state index in [9.17, 15) is 4.79 Å². The zero-order valence-corrected chi connectivity index (χ0v) is 15.8. The van der Waals surface area contributed by atoms with Gasteiger partial charge in [-0.1, -0.05) is 41.9 Å². The van der Waals surface area contributed by atoms with E-state index in [1.54, 1.807) is 12.3 Å². The maximum atomic E-state index is 12.8. The van der Waals surface area contributed by atoms with Gasteiger partial charge in [0, 0.05) is 23.8 Å². The first kappa shape index (κ1) is 17.6. The molecule has 0 bridgehead atoms. The average molecular weight is 378 g/mol. The number of aromatic nitrogens is 1. The van der Waals surface area contributed by atoms with E-state index in [1.807, 2.05) is 48.2 Å². The molecule has 0 saturated carbocycles. The van der Waals surface area contributed by atoms with Gasteiger partial charge >= 0.3 is 0 Å². The van der Waals surface area contributed by atoms with Crippen molar-refractivity contribution in [3.63, 3.8) is 0 Å². The number of fused-ring (bicyclic) bond motifs is 1. The van der Waals surface area contributed by atoms with Gasteiger partial charge < -0.3 is 10.2 Å². The molecular weight excluding hydrogens is 358 g/mol. The monoisotopic (exact) mass is 377 g/mol. The molecule has 0 unspecified atom stereocenters. The Bertz CT molecular complexity index is 985. The van der Waals surface area contributed by atoms with E-state index in [-0.39, 0.29) is 5.91 Å². The molecule has 136 valence electrons. The normalized spacial score (nSPS) is 13.2. The second-order valence-electron chi connectivity index (χ2n) is 6.76. The van der Waals surface area contributed by atoms with Gasteiger partial charge in [-0.2, -0.15) is 0 Å². The number of carbonyl (C=O) groups is 1. The Morgan fingerprint density at radius 3 is 2.70 bits per heavy atom. The van der Waals surface area contributed by atoms with Crippen LogP contribution < -0.4 is 5.32 Å². The summed E-state index contributed by atoms with van der Waals surface area (Å²) in [6.45, 7) is 3.37. The topological polar surface area (TPSA) is 45.2 Å². The van der Waals surface area contributed by atoms with Crippen molar-refractivity contribution in [1.29, 1.82) is 0 Å². The third-order valence-electron chi connectivity index (χ3n) is 4.88. The second-order valence-corrected chi connectivity index (χ2v) is 7.20. The molecule has 1 aliphatic heterocycles. The number of nitrogens with zero attached hydrogens (tertiary/aromatic N) is 2. The molecule has 3 aromatic rings. The summed E-state index contributed by atoms with van der Waals surface area (Å²) < 4.78 is 0. The highest BCUT2D eigenvalue weighted by Gasteiger charge is 2.22. The van der Waals surface area contributed by atoms with Crippen LogP contribution in [0.15, 0.2) is 60.8 Å². The summed E-state index contributed by atoms with van der Waals surface area (Å²) in [6, 6.07) is 17.6. The van der Waals surface area contributed by atoms with Crippen LogP contribution in [0.5, 0.6) is 0 Å². The van der Waals surface area contributed by atoms with Crippen molar-refractivity contribution in [3.05, 3.63) is 88.2 Å². The number of anilines is 2. The maximum Gasteiger partial charge on any atom is 0.272 e. The van der Waals surface area contributed by atoms with Gasteiger partial charge in [0.15, 0.2) is 0 Å². The first-order valence-corrected chi connectivity index (χ1v) is 9.33. The van der Waals surface area contributed by atoms with E-state index in [4.69, 9.17) is 11.6 Å². The van der Waals surface area contributed by atoms with Crippen LogP contribution in [0.1, 0.15) is 27.2 Å². The van der Waals surface area contributed by atoms with Gasteiger partial charge in [-0.15, -0.1) is 0 Å². The summed E-state index contributed by atoms with van der Waals surface area (Å²) in [7, 11) is 0. The number of halogens is 1. The maximum absolute atomic E-state index is 12.8. The van der Waals surface area contributed by atoms with Crippen LogP contribution in [0.4, 0.5) is 11.4 Å². The van der Waals surface area contributed by atoms with Gasteiger partial charge in [0.1, 0.15) is 5.69 Å². The minimum absolute atomic E-state index is 0.0324. The summed E-state index contributed by atoms with van der Waals surface area (Å²) in [6.07, 6.45) is 2.57. The number of rotatable bonds is 3. The molecule has 0 atom stereocenters. The molecule has 0 radical (unpaired) electrons. The first-order valence-electron chi connectivity index (χ1n) is 8.95. The molecule has 4 nitrogen and oxygen atoms in total. The molecule has 1 aliphatic rings. The van der Waals surface area contributed by atoms with Gasteiger partial charge in [0.25, 0.3) is 5.91 Å². The smallest absolute Gasteiger partial charge is 0.272 e. The van der Waals surface area contributed by atoms with E-state index < -0.39 is 0 Å². The van der Waals surface area contributed by atoms with E-state index in [0.717, 1.165) is 29.9 Å². The lowest BCUT2D eigenvalue weighted by Crippen LogP contribution is -2.36. The standard InChI is InChI=1S/C22H20ClN3O/c1-15-6-7-18(23)12-21(15)25-19-8-9-20(24-13-19)22(27)26-11-10-16-4-2-3-5-17(16)14-26/h2-9,12-13,25H,10-11,14H2,1H3. The molecule has 1 amide bonds. The van der Waals surface area contributed by atoms with Crippen LogP contribution in [0.3, 0.4) is 0 Å². The molecule has 1 aromatic heterocycles. The van der Waals surface area contributed by atoms with Crippen molar-refractivity contribution in [3.8, 4) is 0 Å². The number of carbonyl (C=O) groups excluding carboxylic acids is 1. The van der Waals surface area contributed by atoms with Gasteiger partial charge in [-0.25, -0.2) is 4.98 Å². The highest BCUT2D eigenvalue weighted by Crippen LogP contribution is 2.24. The number of benzene rings is 2. The number of hydrogen-bond donors (Lipinski definition) is 1. The fraction of sp³-hybridized carbons (Fsp3) is 0.182. The lowest BCUT2D eigenvalue weighted by molar-refractivity contribution is 0.0729. The van der Waals surface area contributed by atoms with Gasteiger partial charge in [-0.05, 0) is 54.3 Å². The van der Waals surface area contributed by atoms with E-state index in [2.05, 4.69) is 22.4 Å². The van der Waals surface area contributed by atoms with Crippen molar-refractivity contribution in [2.45, 2.75) is 19.9 Å². The Morgan fingerprint density at radius 2 is 1.93 bits per heavy atom. The number of hydrogen-bond acceptors (Lipinski definition) is 3. The quantitative estimate of drug-likeness (QED) is 0.699. The number of pyridine rings is 1. The van der Waals surface area contributed by atoms with Gasteiger partial charge in [-0.3, -0.25) is 4.79 Å². The zero-order valence-electron chi connectivity index (χ0n) is 15.1. The molecular formula is C22H20ClN3O. The van der Waals surface area contributed by atoms with Crippen LogP contribution in [0.25, 0.3) is 0 Å². The Morgan fingerprint density at radius 1 is 1.11 bits per heavy atom. The summed E-state index contributed by atoms with van der Waals surface area (Å²) in [4.78, 5) is 19.0. The molecule has 0 fully saturated rings. The Balaban J connectivity index is 1.47. The molecule has 0 aliphatic carbocycles. The lowest BCUT2D eigenvalue weighted by Gasteiger charge is -2.28. The highest BCUT2D eigenvalue weighted by atomic mass is 35.5. The first-order chi connectivity index (χ1) is 13.1. The minimum Gasteiger partial charge on any atom is -0.354 e. The molecule has 27 heavy (non-hydrogen) atoms. The Labute approximate surface area is 163 Å². The van der Waals surface area contributed by atoms with E-state index in [1.165, 1.54) is 11.1 Å². The highest BCUT2D eigenvalue weighted by molar-refractivity contribution is 6.30. The van der Waals surface area contributed by atoms with E-state index in [0.29, 0.717) is 17.3 Å². The minimum atomic E-state index is -0.0324. The van der Waals surface area contributed by atoms with Crippen molar-refractivity contribution >= 4 is 28.9 Å². The molecule has 1 N–H and O–H groups in total. The molecule has 5 heteroatoms. The summed E-state index contributed by atoms with van der Waals surface area (Å²) >= 11 is 6.07. The van der Waals surface area contributed by atoms with Crippen LogP contribution in [0.2, 0.25) is 5.02 Å². The SMILES string of the molecule is Cc1ccc(Cl)cc1Nc1ccc(C(=O)N2CCc3ccccc3C2)nc1. The zero-order chi connectivity index (χ0) is 18.8. The molecule has 2 aromatic carbocycles. The Hall–Kier alpha value is -2.85. The molecule has 4 rings (SSSR count). The lowest BCUT2D eigenvalue weighted by atomic mass is 10.00. The molecule has 0 saturated heterocycles. The van der Waals surface area contributed by atoms with Crippen molar-refractivity contribution in [2.24, 2.45) is 0 Å². The number of nitrogens with one attached hydrogen (secondary N) is 1. The number of amides is 1. The average Bonchev–Trinajstić information content (AvgIpc) is 2.70. The summed E-state index contributed by atoms with van der Waals surface area (Å²) in [5.41, 5.74) is 5.84. The van der Waals surface area contributed by atoms with E-state index >= 15 is 0 Å². The fourth-order valence-electron chi connectivity index (χ4n) is 3.31. The van der Waals surface area contributed by atoms with Crippen molar-refractivity contribution in [1.82, 2.24) is 9.88 Å². The summed E-state index contributed by atoms with van der Waals surface area (Å²) in [5, 5.41) is 3.97. The second kappa shape index (κ2) is 7.41. The Kier molecular flexibility index (Phi) is 4.82. The van der Waals surface area contributed by atoms with Crippen LogP contribution in [-0.4, -0.2) is 22.3 Å². The molecule has 2 heterocycles. The van der Waals surface area contributed by atoms with Crippen molar-refractivity contribution < 1.29 is 4.79 Å². The largest absolute Gasteiger partial charge is 0.354 e. The van der Waals surface area contributed by atoms with Crippen molar-refractivity contribution in [2.75, 3.05) is 11.9 Å². The fourth-order valence-corrected chi connectivity index (χ4v) is 3.48. The number of aryl methyl sites for hydroxylation is 1. The van der Waals surface area contributed by atoms with Gasteiger partial charge in [0.2, 0.25) is 0 Å². The van der Waals surface area contributed by atoms with Crippen LogP contribution in [0, 0.1) is 6.92 Å². The van der Waals surface area contributed by atoms with Crippen LogP contribution in [-0.2, 0) is 13.0 Å². The predicted octanol–water partition coefficient (Wildman–Crippen LogP) is 4.99. The van der Waals surface area contributed by atoms with Crippen LogP contribution >= 0.6 is 11.6 Å². The summed E-state index contributed by atoms with van der Waals surface area (Å²) in [5.74, 6) is -0.0324. The molecule has 0 spiro atoms. The van der Waals surface area contributed by atoms with Gasteiger partial charge in [0.05, 0.1) is 11.9 Å².